The Labute approximate surface area is 136 Å². The lowest BCUT2D eigenvalue weighted by atomic mass is 9.96. The molecule has 2 aromatic carbocycles. The lowest BCUT2D eigenvalue weighted by Crippen LogP contribution is -2.40. The molecule has 4 heteroatoms. The highest BCUT2D eigenvalue weighted by Gasteiger charge is 2.17. The molecule has 0 aliphatic carbocycles. The number of benzene rings is 2. The summed E-state index contributed by atoms with van der Waals surface area (Å²) in [6.07, 6.45) is 0.671. The third-order valence-corrected chi connectivity index (χ3v) is 3.94. The fourth-order valence-corrected chi connectivity index (χ4v) is 2.37. The first-order chi connectivity index (χ1) is 11.0. The van der Waals surface area contributed by atoms with Crippen LogP contribution in [0.15, 0.2) is 48.5 Å². The van der Waals surface area contributed by atoms with Crippen molar-refractivity contribution in [2.24, 2.45) is 11.7 Å². The van der Waals surface area contributed by atoms with E-state index in [-0.39, 0.29) is 23.7 Å². The molecule has 0 bridgehead atoms. The monoisotopic (exact) mass is 314 g/mol. The fraction of sp³-hybridized carbons (Fsp3) is 0.316. The van der Waals surface area contributed by atoms with E-state index in [9.17, 15) is 9.18 Å². The molecule has 0 saturated carbocycles. The van der Waals surface area contributed by atoms with Crippen LogP contribution in [0.5, 0.6) is 0 Å². The van der Waals surface area contributed by atoms with Crippen LogP contribution in [0, 0.1) is 11.7 Å². The van der Waals surface area contributed by atoms with Crippen LogP contribution in [0.1, 0.15) is 35.3 Å². The highest BCUT2D eigenvalue weighted by Crippen LogP contribution is 2.13. The van der Waals surface area contributed by atoms with Gasteiger partial charge in [-0.3, -0.25) is 4.79 Å². The van der Waals surface area contributed by atoms with Crippen LogP contribution in [0.25, 0.3) is 0 Å². The number of nitrogens with one attached hydrogen (secondary N) is 1. The first-order valence-electron chi connectivity index (χ1n) is 7.84. The van der Waals surface area contributed by atoms with Crippen LogP contribution >= 0.6 is 0 Å². The van der Waals surface area contributed by atoms with E-state index in [1.54, 1.807) is 24.3 Å². The highest BCUT2D eigenvalue weighted by molar-refractivity contribution is 5.94. The average molecular weight is 314 g/mol. The third-order valence-electron chi connectivity index (χ3n) is 3.94. The maximum atomic E-state index is 13.0. The molecule has 2 aromatic rings. The number of carbonyl (C=O) groups is 1. The Bertz CT molecular complexity index is 635. The van der Waals surface area contributed by atoms with Crippen molar-refractivity contribution < 1.29 is 9.18 Å². The summed E-state index contributed by atoms with van der Waals surface area (Å²) in [6, 6.07) is 13.7. The minimum Gasteiger partial charge on any atom is -0.349 e. The van der Waals surface area contributed by atoms with Gasteiger partial charge in [0.1, 0.15) is 5.82 Å². The minimum atomic E-state index is -0.251. The lowest BCUT2D eigenvalue weighted by molar-refractivity contribution is 0.0926. The molecule has 0 heterocycles. The van der Waals surface area contributed by atoms with Crippen molar-refractivity contribution in [1.82, 2.24) is 5.32 Å². The van der Waals surface area contributed by atoms with E-state index in [0.29, 0.717) is 18.5 Å². The summed E-state index contributed by atoms with van der Waals surface area (Å²) >= 11 is 0. The topological polar surface area (TPSA) is 55.1 Å². The van der Waals surface area contributed by atoms with Crippen molar-refractivity contribution in [1.29, 1.82) is 0 Å². The minimum absolute atomic E-state index is 0.0119. The normalized spacial score (nSPS) is 12.2. The van der Waals surface area contributed by atoms with Gasteiger partial charge in [-0.1, -0.05) is 38.1 Å². The van der Waals surface area contributed by atoms with E-state index < -0.39 is 0 Å². The van der Waals surface area contributed by atoms with Gasteiger partial charge in [0.15, 0.2) is 0 Å². The van der Waals surface area contributed by atoms with Crippen LogP contribution in [0.3, 0.4) is 0 Å². The largest absolute Gasteiger partial charge is 0.349 e. The van der Waals surface area contributed by atoms with Gasteiger partial charge in [0.05, 0.1) is 0 Å². The molecule has 1 unspecified atom stereocenters. The zero-order chi connectivity index (χ0) is 16.8. The summed E-state index contributed by atoms with van der Waals surface area (Å²) in [5, 5.41) is 3.07. The molecule has 0 spiro atoms. The Morgan fingerprint density at radius 2 is 1.61 bits per heavy atom. The molecule has 0 aliphatic heterocycles. The molecule has 0 radical (unpaired) electrons. The van der Waals surface area contributed by atoms with E-state index in [1.165, 1.54) is 12.1 Å². The lowest BCUT2D eigenvalue weighted by Gasteiger charge is -2.22. The Morgan fingerprint density at radius 1 is 1.04 bits per heavy atom. The second-order valence-electron chi connectivity index (χ2n) is 6.06. The number of nitrogens with two attached hydrogens (primary N) is 1. The molecular weight excluding hydrogens is 291 g/mol. The van der Waals surface area contributed by atoms with Crippen molar-refractivity contribution >= 4 is 5.91 Å². The highest BCUT2D eigenvalue weighted by atomic mass is 19.1. The molecule has 1 amide bonds. The first-order valence-corrected chi connectivity index (χ1v) is 7.84. The summed E-state index contributed by atoms with van der Waals surface area (Å²) in [6.45, 7) is 4.58. The van der Waals surface area contributed by atoms with E-state index in [4.69, 9.17) is 5.73 Å². The van der Waals surface area contributed by atoms with Crippen LogP contribution in [-0.4, -0.2) is 11.9 Å². The number of rotatable bonds is 6. The molecule has 122 valence electrons. The zero-order valence-corrected chi connectivity index (χ0v) is 13.6. The summed E-state index contributed by atoms with van der Waals surface area (Å²) < 4.78 is 13.0. The van der Waals surface area contributed by atoms with Gasteiger partial charge >= 0.3 is 0 Å². The van der Waals surface area contributed by atoms with Crippen LogP contribution in [-0.2, 0) is 13.0 Å². The van der Waals surface area contributed by atoms with Gasteiger partial charge in [0, 0.05) is 18.2 Å². The van der Waals surface area contributed by atoms with E-state index in [0.717, 1.165) is 11.1 Å². The summed E-state index contributed by atoms with van der Waals surface area (Å²) in [4.78, 5) is 12.4. The number of carbonyl (C=O) groups excluding carboxylic acids is 1. The number of hydrogen-bond acceptors (Lipinski definition) is 2. The smallest absolute Gasteiger partial charge is 0.251 e. The second-order valence-corrected chi connectivity index (χ2v) is 6.06. The summed E-state index contributed by atoms with van der Waals surface area (Å²) in [5.74, 6) is -0.0828. The first kappa shape index (κ1) is 17.2. The molecule has 1 atom stereocenters. The van der Waals surface area contributed by atoms with Gasteiger partial charge in [-0.15, -0.1) is 0 Å². The Morgan fingerprint density at radius 3 is 2.13 bits per heavy atom. The molecule has 0 saturated heterocycles. The van der Waals surface area contributed by atoms with E-state index in [2.05, 4.69) is 19.2 Å². The SMILES string of the molecule is CC(C)C(Cc1ccc(F)cc1)NC(=O)c1ccc(CN)cc1. The molecular formula is C19H23FN2O. The quantitative estimate of drug-likeness (QED) is 0.859. The maximum absolute atomic E-state index is 13.0. The average Bonchev–Trinajstić information content (AvgIpc) is 2.56. The van der Waals surface area contributed by atoms with Gasteiger partial charge in [0.2, 0.25) is 0 Å². The third kappa shape index (κ3) is 4.89. The molecule has 23 heavy (non-hydrogen) atoms. The Balaban J connectivity index is 2.05. The van der Waals surface area contributed by atoms with Crippen molar-refractivity contribution in [3.63, 3.8) is 0 Å². The van der Waals surface area contributed by atoms with Crippen LogP contribution < -0.4 is 11.1 Å². The van der Waals surface area contributed by atoms with Gasteiger partial charge in [0.25, 0.3) is 5.91 Å². The van der Waals surface area contributed by atoms with Crippen LogP contribution in [0.4, 0.5) is 4.39 Å². The van der Waals surface area contributed by atoms with Crippen molar-refractivity contribution in [2.45, 2.75) is 32.9 Å². The van der Waals surface area contributed by atoms with Gasteiger partial charge in [-0.2, -0.15) is 0 Å². The van der Waals surface area contributed by atoms with Gasteiger partial charge < -0.3 is 11.1 Å². The molecule has 0 aliphatic rings. The van der Waals surface area contributed by atoms with E-state index in [1.807, 2.05) is 12.1 Å². The number of halogens is 1. The van der Waals surface area contributed by atoms with E-state index >= 15 is 0 Å². The second kappa shape index (κ2) is 7.88. The van der Waals surface area contributed by atoms with Crippen molar-refractivity contribution in [2.75, 3.05) is 0 Å². The maximum Gasteiger partial charge on any atom is 0.251 e. The van der Waals surface area contributed by atoms with Gasteiger partial charge in [-0.05, 0) is 47.7 Å². The Hall–Kier alpha value is -2.20. The molecule has 2 rings (SSSR count). The molecule has 3 N–H and O–H groups in total. The fourth-order valence-electron chi connectivity index (χ4n) is 2.37. The number of hydrogen-bond donors (Lipinski definition) is 2. The standard InChI is InChI=1S/C19H23FN2O/c1-13(2)18(11-14-5-9-17(20)10-6-14)22-19(23)16-7-3-15(12-21)4-8-16/h3-10,13,18H,11-12,21H2,1-2H3,(H,22,23). The molecule has 0 fully saturated rings. The summed E-state index contributed by atoms with van der Waals surface area (Å²) in [7, 11) is 0. The predicted octanol–water partition coefficient (Wildman–Crippen LogP) is 3.28. The van der Waals surface area contributed by atoms with Crippen molar-refractivity contribution in [3.05, 3.63) is 71.0 Å². The Kier molecular flexibility index (Phi) is 5.88. The van der Waals surface area contributed by atoms with Crippen molar-refractivity contribution in [3.8, 4) is 0 Å². The molecule has 0 aromatic heterocycles. The summed E-state index contributed by atoms with van der Waals surface area (Å²) in [5.41, 5.74) is 8.18. The zero-order valence-electron chi connectivity index (χ0n) is 13.6. The van der Waals surface area contributed by atoms with Gasteiger partial charge in [-0.25, -0.2) is 4.39 Å². The molecule has 3 nitrogen and oxygen atoms in total. The predicted molar refractivity (Wildman–Crippen MR) is 90.5 cm³/mol. The number of amides is 1. The van der Waals surface area contributed by atoms with Crippen LogP contribution in [0.2, 0.25) is 0 Å².